The molecule has 0 aliphatic carbocycles. The van der Waals surface area contributed by atoms with Gasteiger partial charge in [0.15, 0.2) is 6.10 Å². The van der Waals surface area contributed by atoms with E-state index in [0.717, 1.165) is 128 Å². The highest BCUT2D eigenvalue weighted by atomic mass is 16.6. The zero-order valence-corrected chi connectivity index (χ0v) is 53.7. The fourth-order valence-electron chi connectivity index (χ4n) is 9.57. The molecule has 0 aliphatic rings. The molecule has 0 bridgehead atoms. The van der Waals surface area contributed by atoms with Gasteiger partial charge >= 0.3 is 17.9 Å². The van der Waals surface area contributed by atoms with Crippen molar-refractivity contribution in [2.24, 2.45) is 0 Å². The molecule has 0 saturated carbocycles. The lowest BCUT2D eigenvalue weighted by Gasteiger charge is -2.18. The minimum atomic E-state index is -0.789. The van der Waals surface area contributed by atoms with E-state index in [1.807, 2.05) is 0 Å². The van der Waals surface area contributed by atoms with Crippen molar-refractivity contribution >= 4 is 17.9 Å². The molecule has 0 saturated heterocycles. The van der Waals surface area contributed by atoms with Gasteiger partial charge in [-0.3, -0.25) is 14.4 Å². The van der Waals surface area contributed by atoms with Gasteiger partial charge in [-0.2, -0.15) is 0 Å². The van der Waals surface area contributed by atoms with Gasteiger partial charge in [0.25, 0.3) is 0 Å². The average Bonchev–Trinajstić information content (AvgIpc) is 3.47. The predicted octanol–water partition coefficient (Wildman–Crippen LogP) is 23.9. The van der Waals surface area contributed by atoms with Gasteiger partial charge in [-0.05, 0) is 128 Å². The second-order valence-electron chi connectivity index (χ2n) is 22.7. The molecule has 0 spiro atoms. The number of ether oxygens (including phenoxy) is 3. The Hall–Kier alpha value is -4.19. The molecule has 6 nitrogen and oxygen atoms in total. The summed E-state index contributed by atoms with van der Waals surface area (Å²) >= 11 is 0. The highest BCUT2D eigenvalue weighted by Crippen LogP contribution is 2.17. The van der Waals surface area contributed by atoms with Crippen LogP contribution in [0.1, 0.15) is 323 Å². The summed E-state index contributed by atoms with van der Waals surface area (Å²) in [6.45, 7) is 6.40. The molecule has 82 heavy (non-hydrogen) atoms. The standard InChI is InChI=1S/C76H128O6/c1-4-7-10-13-16-19-22-25-27-29-31-33-34-35-36-37-38-39-40-41-42-44-45-47-49-51-54-57-60-63-66-69-75(78)81-72-73(71-80-74(77)68-65-62-59-56-53-24-21-18-15-12-9-6-3)82-76(79)70-67-64-61-58-55-52-50-48-46-43-32-30-28-26-23-20-17-14-11-8-5-2/h7-8,10-11,16-21,25-28,31-33,35-36,43,73H,4-6,9,12-15,22-24,29-30,34,37-42,44-72H2,1-3H3/b10-7-,11-8-,19-16-,20-17-,21-18-,27-25-,28-26-,33-31-,36-35-,43-32-. The van der Waals surface area contributed by atoms with Crippen LogP contribution in [0.5, 0.6) is 0 Å². The first-order valence-electron chi connectivity index (χ1n) is 34.5. The van der Waals surface area contributed by atoms with Gasteiger partial charge in [-0.25, -0.2) is 0 Å². The summed E-state index contributed by atoms with van der Waals surface area (Å²) in [6.07, 6.45) is 96.5. The first kappa shape index (κ1) is 77.8. The van der Waals surface area contributed by atoms with Crippen LogP contribution in [-0.2, 0) is 28.6 Å². The summed E-state index contributed by atoms with van der Waals surface area (Å²) in [4.78, 5) is 38.4. The lowest BCUT2D eigenvalue weighted by Crippen LogP contribution is -2.30. The molecule has 0 radical (unpaired) electrons. The molecule has 0 aromatic carbocycles. The van der Waals surface area contributed by atoms with E-state index in [-0.39, 0.29) is 31.1 Å². The van der Waals surface area contributed by atoms with Crippen molar-refractivity contribution in [3.8, 4) is 0 Å². The van der Waals surface area contributed by atoms with E-state index < -0.39 is 6.10 Å². The monoisotopic (exact) mass is 1140 g/mol. The Morgan fingerprint density at radius 2 is 0.476 bits per heavy atom. The highest BCUT2D eigenvalue weighted by Gasteiger charge is 2.19. The molecule has 0 aromatic heterocycles. The van der Waals surface area contributed by atoms with E-state index in [2.05, 4.69) is 142 Å². The molecule has 0 aromatic rings. The van der Waals surface area contributed by atoms with Crippen LogP contribution >= 0.6 is 0 Å². The largest absolute Gasteiger partial charge is 0.462 e. The molecule has 0 amide bonds. The van der Waals surface area contributed by atoms with Crippen LogP contribution in [0.25, 0.3) is 0 Å². The molecule has 0 rings (SSSR count). The third kappa shape index (κ3) is 66.6. The minimum absolute atomic E-state index is 0.0837. The van der Waals surface area contributed by atoms with Crippen molar-refractivity contribution in [2.75, 3.05) is 13.2 Å². The van der Waals surface area contributed by atoms with Crippen molar-refractivity contribution < 1.29 is 28.6 Å². The minimum Gasteiger partial charge on any atom is -0.462 e. The SMILES string of the molecule is CC/C=C\C/C=C\C/C=C\C/C=C\C/C=C\CCCCCCCCCCCCCCCCCC(=O)OCC(COC(=O)CCCCCCC/C=C\CCCCC)OC(=O)CCCCCCCCCC/C=C\C/C=C\C/C=C\C/C=C\CC. The molecule has 1 atom stereocenters. The number of hydrogen-bond acceptors (Lipinski definition) is 6. The van der Waals surface area contributed by atoms with Crippen LogP contribution in [0.15, 0.2) is 122 Å². The second kappa shape index (κ2) is 69.3. The summed E-state index contributed by atoms with van der Waals surface area (Å²) in [7, 11) is 0. The predicted molar refractivity (Wildman–Crippen MR) is 357 cm³/mol. The highest BCUT2D eigenvalue weighted by molar-refractivity contribution is 5.71. The molecule has 0 N–H and O–H groups in total. The number of unbranched alkanes of at least 4 members (excludes halogenated alkanes) is 31. The maximum atomic E-state index is 12.9. The summed E-state index contributed by atoms with van der Waals surface area (Å²) < 4.78 is 16.9. The van der Waals surface area contributed by atoms with Crippen molar-refractivity contribution in [3.63, 3.8) is 0 Å². The topological polar surface area (TPSA) is 78.9 Å². The van der Waals surface area contributed by atoms with Crippen molar-refractivity contribution in [1.82, 2.24) is 0 Å². The Balaban J connectivity index is 4.24. The normalized spacial score (nSPS) is 12.9. The number of allylic oxidation sites excluding steroid dienone is 20. The van der Waals surface area contributed by atoms with Crippen LogP contribution in [0.2, 0.25) is 0 Å². The summed E-state index contributed by atoms with van der Waals surface area (Å²) in [5.74, 6) is -0.892. The van der Waals surface area contributed by atoms with E-state index in [1.54, 1.807) is 0 Å². The number of carbonyl (C=O) groups is 3. The maximum absolute atomic E-state index is 12.9. The Bertz CT molecular complexity index is 1690. The van der Waals surface area contributed by atoms with Gasteiger partial charge in [0.2, 0.25) is 0 Å². The molecule has 468 valence electrons. The Morgan fingerprint density at radius 1 is 0.256 bits per heavy atom. The van der Waals surface area contributed by atoms with Gasteiger partial charge < -0.3 is 14.2 Å². The van der Waals surface area contributed by atoms with E-state index in [9.17, 15) is 14.4 Å². The number of rotatable bonds is 62. The van der Waals surface area contributed by atoms with Crippen molar-refractivity contribution in [1.29, 1.82) is 0 Å². The van der Waals surface area contributed by atoms with E-state index in [1.165, 1.54) is 154 Å². The van der Waals surface area contributed by atoms with Gasteiger partial charge in [-0.1, -0.05) is 296 Å². The first-order chi connectivity index (χ1) is 40.5. The fraction of sp³-hybridized carbons (Fsp3) is 0.697. The Morgan fingerprint density at radius 3 is 0.756 bits per heavy atom. The van der Waals surface area contributed by atoms with Crippen LogP contribution in [-0.4, -0.2) is 37.2 Å². The van der Waals surface area contributed by atoms with Crippen molar-refractivity contribution in [2.45, 2.75) is 329 Å². The molecular formula is C76H128O6. The molecule has 0 aliphatic heterocycles. The lowest BCUT2D eigenvalue weighted by molar-refractivity contribution is -0.167. The zero-order chi connectivity index (χ0) is 59.2. The molecule has 0 fully saturated rings. The molecular weight excluding hydrogens is 1010 g/mol. The maximum Gasteiger partial charge on any atom is 0.306 e. The number of carbonyl (C=O) groups excluding carboxylic acids is 3. The molecule has 1 unspecified atom stereocenters. The van der Waals surface area contributed by atoms with Crippen molar-refractivity contribution in [3.05, 3.63) is 122 Å². The summed E-state index contributed by atoms with van der Waals surface area (Å²) in [5.41, 5.74) is 0. The van der Waals surface area contributed by atoms with E-state index in [4.69, 9.17) is 14.2 Å². The average molecular weight is 1140 g/mol. The van der Waals surface area contributed by atoms with Gasteiger partial charge in [-0.15, -0.1) is 0 Å². The summed E-state index contributed by atoms with van der Waals surface area (Å²) in [6, 6.07) is 0. The van der Waals surface area contributed by atoms with Gasteiger partial charge in [0.05, 0.1) is 0 Å². The molecule has 6 heteroatoms. The number of hydrogen-bond donors (Lipinski definition) is 0. The third-order valence-electron chi connectivity index (χ3n) is 14.7. The second-order valence-corrected chi connectivity index (χ2v) is 22.7. The first-order valence-corrected chi connectivity index (χ1v) is 34.5. The Labute approximate surface area is 507 Å². The Kier molecular flexibility index (Phi) is 65.8. The van der Waals surface area contributed by atoms with Crippen LogP contribution in [0, 0.1) is 0 Å². The molecule has 0 heterocycles. The van der Waals surface area contributed by atoms with E-state index in [0.29, 0.717) is 19.3 Å². The van der Waals surface area contributed by atoms with Gasteiger partial charge in [0.1, 0.15) is 13.2 Å². The smallest absolute Gasteiger partial charge is 0.306 e. The summed E-state index contributed by atoms with van der Waals surface area (Å²) in [5, 5.41) is 0. The lowest BCUT2D eigenvalue weighted by atomic mass is 10.0. The zero-order valence-electron chi connectivity index (χ0n) is 53.7. The third-order valence-corrected chi connectivity index (χ3v) is 14.7. The van der Waals surface area contributed by atoms with Gasteiger partial charge in [0, 0.05) is 19.3 Å². The van der Waals surface area contributed by atoms with E-state index >= 15 is 0 Å². The number of esters is 3. The van der Waals surface area contributed by atoms with Crippen LogP contribution in [0.4, 0.5) is 0 Å². The quantitative estimate of drug-likeness (QED) is 0.0261. The van der Waals surface area contributed by atoms with Crippen LogP contribution in [0.3, 0.4) is 0 Å². The van der Waals surface area contributed by atoms with Crippen LogP contribution < -0.4 is 0 Å². The fourth-order valence-corrected chi connectivity index (χ4v) is 9.57.